The number of amides is 1. The second-order valence-corrected chi connectivity index (χ2v) is 8.02. The van der Waals surface area contributed by atoms with Crippen LogP contribution in [-0.4, -0.2) is 56.9 Å². The third-order valence-electron chi connectivity index (χ3n) is 5.83. The first-order chi connectivity index (χ1) is 16.8. The van der Waals surface area contributed by atoms with Crippen molar-refractivity contribution in [1.82, 2.24) is 44.5 Å². The minimum atomic E-state index is -4.56. The molecule has 1 N–H and O–H groups in total. The van der Waals surface area contributed by atoms with Gasteiger partial charge in [0.15, 0.2) is 0 Å². The van der Waals surface area contributed by atoms with Crippen LogP contribution in [0, 0.1) is 0 Å². The molecule has 0 saturated heterocycles. The van der Waals surface area contributed by atoms with Gasteiger partial charge in [-0.15, -0.1) is 10.2 Å². The first kappa shape index (κ1) is 21.1. The number of carbonyl (C=O) groups is 1. The summed E-state index contributed by atoms with van der Waals surface area (Å²) in [5, 5.41) is 16.3. The third kappa shape index (κ3) is 3.45. The van der Waals surface area contributed by atoms with Crippen LogP contribution in [0.25, 0.3) is 17.1 Å². The summed E-state index contributed by atoms with van der Waals surface area (Å²) in [4.78, 5) is 22.2. The molecular weight excluding hydrogens is 467 g/mol. The molecule has 6 rings (SSSR count). The van der Waals surface area contributed by atoms with Gasteiger partial charge in [-0.05, 0) is 24.3 Å². The zero-order valence-corrected chi connectivity index (χ0v) is 18.1. The van der Waals surface area contributed by atoms with Crippen LogP contribution in [0.3, 0.4) is 0 Å². The summed E-state index contributed by atoms with van der Waals surface area (Å²) in [5.74, 6) is -0.786. The lowest BCUT2D eigenvalue weighted by Gasteiger charge is -2.32. The highest BCUT2D eigenvalue weighted by atomic mass is 19.4. The number of aromatic amines is 1. The van der Waals surface area contributed by atoms with Gasteiger partial charge in [0.05, 0.1) is 28.8 Å². The van der Waals surface area contributed by atoms with Crippen molar-refractivity contribution in [1.29, 1.82) is 0 Å². The molecule has 1 atom stereocenters. The Morgan fingerprint density at radius 3 is 2.83 bits per heavy atom. The van der Waals surface area contributed by atoms with Crippen LogP contribution in [0.1, 0.15) is 39.4 Å². The Kier molecular flexibility index (Phi) is 4.52. The Morgan fingerprint density at radius 2 is 2.06 bits per heavy atom. The fraction of sp³-hybridized carbons (Fsp3) is 0.238. The standard InChI is InChI=1S/C21H16F3N9O2/c1-31-7-4-13(29-31)18-27-28-19(35-18)20(34)32-8-5-12-16(26-10-25-12)17(32)14-9-15-11(21(22,23)24)3-2-6-33(15)30-14/h2-4,6-7,9-10,17H,5,8H2,1H3,(H,25,26)/t17-/m0/s1. The van der Waals surface area contributed by atoms with Gasteiger partial charge >= 0.3 is 18.0 Å². The highest BCUT2D eigenvalue weighted by molar-refractivity contribution is 5.90. The molecule has 5 aromatic heterocycles. The molecule has 14 heteroatoms. The van der Waals surface area contributed by atoms with E-state index in [9.17, 15) is 18.0 Å². The molecule has 1 aliphatic heterocycles. The molecule has 0 radical (unpaired) electrons. The van der Waals surface area contributed by atoms with Crippen molar-refractivity contribution in [2.24, 2.45) is 7.05 Å². The number of pyridine rings is 1. The van der Waals surface area contributed by atoms with Crippen molar-refractivity contribution in [2.75, 3.05) is 6.54 Å². The molecule has 0 spiro atoms. The zero-order chi connectivity index (χ0) is 24.3. The van der Waals surface area contributed by atoms with E-state index in [-0.39, 0.29) is 29.5 Å². The number of H-pyrrole nitrogens is 1. The van der Waals surface area contributed by atoms with Crippen molar-refractivity contribution < 1.29 is 22.4 Å². The Morgan fingerprint density at radius 1 is 1.20 bits per heavy atom. The molecule has 0 bridgehead atoms. The topological polar surface area (TPSA) is 123 Å². The number of carbonyl (C=O) groups excluding carboxylic acids is 1. The molecule has 0 aromatic carbocycles. The molecule has 0 unspecified atom stereocenters. The minimum absolute atomic E-state index is 0.0746. The summed E-state index contributed by atoms with van der Waals surface area (Å²) >= 11 is 0. The number of nitrogens with zero attached hydrogens (tertiary/aromatic N) is 8. The maximum Gasteiger partial charge on any atom is 0.418 e. The number of nitrogens with one attached hydrogen (secondary N) is 1. The smallest absolute Gasteiger partial charge is 0.411 e. The number of hydrogen-bond acceptors (Lipinski definition) is 7. The Balaban J connectivity index is 1.42. The summed E-state index contributed by atoms with van der Waals surface area (Å²) in [5.41, 5.74) is 0.946. The summed E-state index contributed by atoms with van der Waals surface area (Å²) in [7, 11) is 1.73. The van der Waals surface area contributed by atoms with Gasteiger partial charge in [0.25, 0.3) is 5.89 Å². The van der Waals surface area contributed by atoms with Crippen molar-refractivity contribution >= 4 is 11.4 Å². The molecule has 0 aliphatic carbocycles. The molecule has 11 nitrogen and oxygen atoms in total. The van der Waals surface area contributed by atoms with E-state index in [4.69, 9.17) is 4.42 Å². The van der Waals surface area contributed by atoms with Gasteiger partial charge < -0.3 is 14.3 Å². The fourth-order valence-electron chi connectivity index (χ4n) is 4.27. The monoisotopic (exact) mass is 483 g/mol. The van der Waals surface area contributed by atoms with Crippen LogP contribution in [0.15, 0.2) is 47.4 Å². The van der Waals surface area contributed by atoms with Gasteiger partial charge in [-0.1, -0.05) is 0 Å². The molecule has 0 saturated carbocycles. The normalized spacial score (nSPS) is 16.1. The first-order valence-electron chi connectivity index (χ1n) is 10.5. The second-order valence-electron chi connectivity index (χ2n) is 8.02. The molecule has 6 heterocycles. The highest BCUT2D eigenvalue weighted by Crippen LogP contribution is 2.37. The predicted octanol–water partition coefficient (Wildman–Crippen LogP) is 2.65. The van der Waals surface area contributed by atoms with E-state index in [2.05, 4.69) is 30.4 Å². The molecule has 0 fully saturated rings. The largest absolute Gasteiger partial charge is 0.418 e. The molecule has 5 aromatic rings. The third-order valence-corrected chi connectivity index (χ3v) is 5.83. The van der Waals surface area contributed by atoms with Crippen LogP contribution >= 0.6 is 0 Å². The van der Waals surface area contributed by atoms with Gasteiger partial charge in [0.1, 0.15) is 11.7 Å². The Labute approximate surface area is 194 Å². The van der Waals surface area contributed by atoms with Gasteiger partial charge in [-0.2, -0.15) is 23.4 Å². The first-order valence-corrected chi connectivity index (χ1v) is 10.5. The zero-order valence-electron chi connectivity index (χ0n) is 18.1. The highest BCUT2D eigenvalue weighted by Gasteiger charge is 2.39. The van der Waals surface area contributed by atoms with Crippen molar-refractivity contribution in [3.8, 4) is 11.6 Å². The van der Waals surface area contributed by atoms with E-state index < -0.39 is 23.7 Å². The van der Waals surface area contributed by atoms with Crippen LogP contribution in [0.4, 0.5) is 13.2 Å². The molecule has 35 heavy (non-hydrogen) atoms. The Bertz CT molecular complexity index is 1560. The fourth-order valence-corrected chi connectivity index (χ4v) is 4.27. The lowest BCUT2D eigenvalue weighted by atomic mass is 9.99. The summed E-state index contributed by atoms with van der Waals surface area (Å²) in [6, 6.07) is 4.39. The second kappa shape index (κ2) is 7.51. The number of halogens is 3. The molecular formula is C21H16F3N9O2. The van der Waals surface area contributed by atoms with E-state index in [0.29, 0.717) is 17.8 Å². The van der Waals surface area contributed by atoms with Crippen LogP contribution in [-0.2, 0) is 19.6 Å². The minimum Gasteiger partial charge on any atom is -0.411 e. The lowest BCUT2D eigenvalue weighted by molar-refractivity contribution is -0.136. The molecule has 1 amide bonds. The lowest BCUT2D eigenvalue weighted by Crippen LogP contribution is -2.41. The maximum absolute atomic E-state index is 13.6. The van der Waals surface area contributed by atoms with Crippen molar-refractivity contribution in [3.05, 3.63) is 71.5 Å². The average molecular weight is 483 g/mol. The van der Waals surface area contributed by atoms with Crippen LogP contribution in [0.5, 0.6) is 0 Å². The van der Waals surface area contributed by atoms with E-state index >= 15 is 0 Å². The van der Waals surface area contributed by atoms with Gasteiger partial charge in [-0.3, -0.25) is 9.48 Å². The summed E-state index contributed by atoms with van der Waals surface area (Å²) in [6.07, 6.45) is 0.491. The van der Waals surface area contributed by atoms with Gasteiger partial charge in [-0.25, -0.2) is 9.50 Å². The predicted molar refractivity (Wildman–Crippen MR) is 112 cm³/mol. The number of alkyl halides is 3. The molecule has 178 valence electrons. The van der Waals surface area contributed by atoms with Gasteiger partial charge in [0.2, 0.25) is 0 Å². The van der Waals surface area contributed by atoms with E-state index in [1.54, 1.807) is 24.0 Å². The molecule has 1 aliphatic rings. The SMILES string of the molecule is Cn1ccc(-c2nnc(C(=O)N3CCc4[nH]cnc4[C@@H]3c3cc4c(C(F)(F)F)cccn4n3)o2)n1. The number of imidazole rings is 1. The van der Waals surface area contributed by atoms with Crippen LogP contribution < -0.4 is 0 Å². The number of aromatic nitrogens is 8. The summed E-state index contributed by atoms with van der Waals surface area (Å²) < 4.78 is 49.0. The van der Waals surface area contributed by atoms with E-state index in [1.807, 2.05) is 0 Å². The number of hydrogen-bond donors (Lipinski definition) is 1. The summed E-state index contributed by atoms with van der Waals surface area (Å²) in [6.45, 7) is 0.236. The number of fused-ring (bicyclic) bond motifs is 2. The van der Waals surface area contributed by atoms with Crippen LogP contribution in [0.2, 0.25) is 0 Å². The quantitative estimate of drug-likeness (QED) is 0.419. The van der Waals surface area contributed by atoms with E-state index in [0.717, 1.165) is 16.3 Å². The number of aryl methyl sites for hydroxylation is 1. The number of rotatable bonds is 3. The average Bonchev–Trinajstić information content (AvgIpc) is 3.62. The maximum atomic E-state index is 13.6. The van der Waals surface area contributed by atoms with E-state index in [1.165, 1.54) is 29.6 Å². The van der Waals surface area contributed by atoms with Gasteiger partial charge in [0, 0.05) is 38.1 Å². The Hall–Kier alpha value is -4.49. The van der Waals surface area contributed by atoms with Crippen molar-refractivity contribution in [2.45, 2.75) is 18.6 Å². The van der Waals surface area contributed by atoms with Crippen molar-refractivity contribution in [3.63, 3.8) is 0 Å².